The van der Waals surface area contributed by atoms with Crippen molar-refractivity contribution in [1.82, 2.24) is 19.9 Å². The largest absolute Gasteiger partial charge is 0.401 e. The van der Waals surface area contributed by atoms with E-state index in [-0.39, 0.29) is 5.92 Å². The zero-order valence-electron chi connectivity index (χ0n) is 16.6. The van der Waals surface area contributed by atoms with Crippen LogP contribution in [0.1, 0.15) is 24.3 Å². The van der Waals surface area contributed by atoms with Crippen LogP contribution in [0.5, 0.6) is 0 Å². The minimum Gasteiger partial charge on any atom is -0.361 e. The molecule has 0 saturated carbocycles. The predicted octanol–water partition coefficient (Wildman–Crippen LogP) is 6.18. The molecule has 1 aliphatic rings. The van der Waals surface area contributed by atoms with E-state index in [4.69, 9.17) is 11.6 Å². The van der Waals surface area contributed by atoms with E-state index in [0.29, 0.717) is 24.1 Å². The average Bonchev–Trinajstić information content (AvgIpc) is 3.33. The van der Waals surface area contributed by atoms with Gasteiger partial charge in [0.1, 0.15) is 0 Å². The Morgan fingerprint density at radius 1 is 1.10 bits per heavy atom. The van der Waals surface area contributed by atoms with Crippen LogP contribution in [0, 0.1) is 0 Å². The first-order chi connectivity index (χ1) is 14.8. The van der Waals surface area contributed by atoms with Gasteiger partial charge in [-0.3, -0.25) is 4.90 Å². The molecule has 2 aromatic carbocycles. The maximum absolute atomic E-state index is 12.6. The lowest BCUT2D eigenvalue weighted by Crippen LogP contribution is -2.39. The molecule has 1 fully saturated rings. The smallest absolute Gasteiger partial charge is 0.361 e. The van der Waals surface area contributed by atoms with Crippen LogP contribution in [0.15, 0.2) is 42.6 Å². The summed E-state index contributed by atoms with van der Waals surface area (Å²) in [5.74, 6) is 0.858. The summed E-state index contributed by atoms with van der Waals surface area (Å²) in [7, 11) is 0. The number of alkyl halides is 3. The molecule has 0 bridgehead atoms. The third kappa shape index (κ3) is 4.36. The number of rotatable bonds is 4. The highest BCUT2D eigenvalue weighted by molar-refractivity contribution is 6.35. The molecule has 162 valence electrons. The fourth-order valence-electron chi connectivity index (χ4n) is 4.35. The van der Waals surface area contributed by atoms with Crippen molar-refractivity contribution in [3.05, 3.63) is 53.2 Å². The van der Waals surface area contributed by atoms with Crippen LogP contribution in [0.3, 0.4) is 0 Å². The molecule has 0 spiro atoms. The summed E-state index contributed by atoms with van der Waals surface area (Å²) < 4.78 is 37.8. The number of hydrogen-bond donors (Lipinski definition) is 3. The molecule has 0 atom stereocenters. The number of aromatic nitrogens is 3. The van der Waals surface area contributed by atoms with E-state index in [1.165, 1.54) is 4.90 Å². The quantitative estimate of drug-likeness (QED) is 0.350. The minimum absolute atomic E-state index is 0.252. The monoisotopic (exact) mass is 447 g/mol. The van der Waals surface area contributed by atoms with Crippen molar-refractivity contribution in [2.45, 2.75) is 24.9 Å². The predicted molar refractivity (Wildman–Crippen MR) is 117 cm³/mol. The standard InChI is InChI=1S/C22H21ClF3N5/c23-17-10-15(11-19-16(17)3-6-27-19)28-21-29-18-2-1-14(9-20(18)30-21)13-4-7-31(8-5-13)12-22(24,25)26/h1-3,6,9-11,13,27H,4-5,7-8,12H2,(H2,28,29,30). The van der Waals surface area contributed by atoms with E-state index in [2.05, 4.69) is 26.3 Å². The summed E-state index contributed by atoms with van der Waals surface area (Å²) in [6, 6.07) is 11.8. The van der Waals surface area contributed by atoms with Crippen molar-refractivity contribution in [3.8, 4) is 0 Å². The van der Waals surface area contributed by atoms with Crippen LogP contribution < -0.4 is 5.32 Å². The maximum atomic E-state index is 12.6. The minimum atomic E-state index is -4.14. The molecular formula is C22H21ClF3N5. The molecule has 9 heteroatoms. The van der Waals surface area contributed by atoms with Crippen molar-refractivity contribution < 1.29 is 13.2 Å². The first-order valence-corrected chi connectivity index (χ1v) is 10.5. The Morgan fingerprint density at radius 2 is 1.90 bits per heavy atom. The number of piperidine rings is 1. The first-order valence-electron chi connectivity index (χ1n) is 10.2. The van der Waals surface area contributed by atoms with Gasteiger partial charge in [-0.1, -0.05) is 17.7 Å². The molecule has 4 aromatic rings. The third-order valence-corrected chi connectivity index (χ3v) is 6.16. The average molecular weight is 448 g/mol. The number of imidazole rings is 1. The topological polar surface area (TPSA) is 59.7 Å². The molecule has 2 aromatic heterocycles. The number of anilines is 2. The number of aromatic amines is 2. The van der Waals surface area contributed by atoms with Gasteiger partial charge in [0.05, 0.1) is 22.6 Å². The SMILES string of the molecule is FC(F)(F)CN1CCC(c2ccc3nc(Nc4cc(Cl)c5cc[nH]c5c4)[nH]c3c2)CC1. The lowest BCUT2D eigenvalue weighted by molar-refractivity contribution is -0.147. The normalized spacial score (nSPS) is 16.4. The summed E-state index contributed by atoms with van der Waals surface area (Å²) in [4.78, 5) is 12.5. The number of hydrogen-bond acceptors (Lipinski definition) is 3. The zero-order valence-corrected chi connectivity index (χ0v) is 17.3. The van der Waals surface area contributed by atoms with E-state index in [9.17, 15) is 13.2 Å². The molecule has 3 N–H and O–H groups in total. The summed E-state index contributed by atoms with van der Waals surface area (Å²) in [5.41, 5.74) is 4.60. The zero-order chi connectivity index (χ0) is 21.6. The van der Waals surface area contributed by atoms with Gasteiger partial charge >= 0.3 is 6.18 Å². The van der Waals surface area contributed by atoms with Crippen molar-refractivity contribution in [2.24, 2.45) is 0 Å². The number of nitrogens with zero attached hydrogens (tertiary/aromatic N) is 2. The maximum Gasteiger partial charge on any atom is 0.401 e. The summed E-state index contributed by atoms with van der Waals surface area (Å²) in [6.45, 7) is 0.0899. The number of H-pyrrole nitrogens is 2. The highest BCUT2D eigenvalue weighted by atomic mass is 35.5. The number of halogens is 4. The lowest BCUT2D eigenvalue weighted by Gasteiger charge is -2.32. The molecule has 0 aliphatic carbocycles. The molecule has 0 amide bonds. The summed E-state index contributed by atoms with van der Waals surface area (Å²) >= 11 is 6.34. The van der Waals surface area contributed by atoms with Gasteiger partial charge in [0.15, 0.2) is 0 Å². The molecule has 1 aliphatic heterocycles. The van der Waals surface area contributed by atoms with Gasteiger partial charge in [-0.15, -0.1) is 0 Å². The van der Waals surface area contributed by atoms with Crippen molar-refractivity contribution in [3.63, 3.8) is 0 Å². The van der Waals surface area contributed by atoms with Crippen molar-refractivity contribution in [2.75, 3.05) is 25.0 Å². The Hall–Kier alpha value is -2.71. The van der Waals surface area contributed by atoms with E-state index >= 15 is 0 Å². The van der Waals surface area contributed by atoms with Gasteiger partial charge in [-0.25, -0.2) is 4.98 Å². The molecule has 31 heavy (non-hydrogen) atoms. The van der Waals surface area contributed by atoms with Crippen LogP contribution in [0.4, 0.5) is 24.8 Å². The molecular weight excluding hydrogens is 427 g/mol. The molecule has 0 radical (unpaired) electrons. The Bertz CT molecular complexity index is 1220. The fraction of sp³-hybridized carbons (Fsp3) is 0.318. The van der Waals surface area contributed by atoms with Crippen LogP contribution in [0.2, 0.25) is 5.02 Å². The van der Waals surface area contributed by atoms with E-state index in [1.807, 2.05) is 36.5 Å². The van der Waals surface area contributed by atoms with Gasteiger partial charge < -0.3 is 15.3 Å². The second-order valence-corrected chi connectivity index (χ2v) is 8.46. The summed E-state index contributed by atoms with van der Waals surface area (Å²) in [6.07, 6.45) is -0.859. The second kappa shape index (κ2) is 7.76. The lowest BCUT2D eigenvalue weighted by atomic mass is 9.89. The van der Waals surface area contributed by atoms with Gasteiger partial charge in [0.25, 0.3) is 0 Å². The van der Waals surface area contributed by atoms with E-state index in [0.717, 1.165) is 46.0 Å². The van der Waals surface area contributed by atoms with Crippen LogP contribution in [0.25, 0.3) is 21.9 Å². The van der Waals surface area contributed by atoms with Crippen molar-refractivity contribution in [1.29, 1.82) is 0 Å². The molecule has 0 unspecified atom stereocenters. The summed E-state index contributed by atoms with van der Waals surface area (Å²) in [5, 5.41) is 4.87. The van der Waals surface area contributed by atoms with Gasteiger partial charge in [0, 0.05) is 22.8 Å². The van der Waals surface area contributed by atoms with Crippen LogP contribution >= 0.6 is 11.6 Å². The molecule has 1 saturated heterocycles. The number of benzene rings is 2. The van der Waals surface area contributed by atoms with Gasteiger partial charge in [0.2, 0.25) is 5.95 Å². The Morgan fingerprint density at radius 3 is 2.68 bits per heavy atom. The first kappa shape index (κ1) is 20.2. The Balaban J connectivity index is 1.31. The molecule has 5 nitrogen and oxygen atoms in total. The van der Waals surface area contributed by atoms with E-state index in [1.54, 1.807) is 0 Å². The molecule has 5 rings (SSSR count). The Labute approximate surface area is 181 Å². The van der Waals surface area contributed by atoms with Crippen molar-refractivity contribution >= 4 is 45.2 Å². The molecule has 3 heterocycles. The Kier molecular flexibility index (Phi) is 5.06. The van der Waals surface area contributed by atoms with Crippen LogP contribution in [-0.4, -0.2) is 45.7 Å². The highest BCUT2D eigenvalue weighted by Gasteiger charge is 2.32. The van der Waals surface area contributed by atoms with Gasteiger partial charge in [-0.2, -0.15) is 13.2 Å². The van der Waals surface area contributed by atoms with E-state index < -0.39 is 12.7 Å². The van der Waals surface area contributed by atoms with Crippen LogP contribution in [-0.2, 0) is 0 Å². The second-order valence-electron chi connectivity index (χ2n) is 8.05. The third-order valence-electron chi connectivity index (χ3n) is 5.85. The van der Waals surface area contributed by atoms with Gasteiger partial charge in [-0.05, 0) is 67.7 Å². The number of nitrogens with one attached hydrogen (secondary N) is 3. The number of fused-ring (bicyclic) bond motifs is 2. The highest BCUT2D eigenvalue weighted by Crippen LogP contribution is 2.32. The number of likely N-dealkylation sites (tertiary alicyclic amines) is 1. The fourth-order valence-corrected chi connectivity index (χ4v) is 4.63.